The molecule has 1 fully saturated rings. The van der Waals surface area contributed by atoms with Gasteiger partial charge in [-0.25, -0.2) is 18.9 Å². The second-order valence-corrected chi connectivity index (χ2v) is 8.20. The minimum atomic E-state index is -0.796. The summed E-state index contributed by atoms with van der Waals surface area (Å²) in [5, 5.41) is 18.5. The Hall–Kier alpha value is -3.75. The van der Waals surface area contributed by atoms with Gasteiger partial charge in [0.15, 0.2) is 11.6 Å². The third-order valence-electron chi connectivity index (χ3n) is 6.47. The normalized spacial score (nSPS) is 24.8. The predicted molar refractivity (Wildman–Crippen MR) is 112 cm³/mol. The molecular formula is C22H19FN6O2. The van der Waals surface area contributed by atoms with E-state index in [9.17, 15) is 14.3 Å². The fourth-order valence-electron chi connectivity index (χ4n) is 5.00. The molecule has 4 aromatic heterocycles. The Balaban J connectivity index is 1.47. The first kappa shape index (κ1) is 18.1. The minimum Gasteiger partial charge on any atom is -0.481 e. The Bertz CT molecular complexity index is 1360. The Morgan fingerprint density at radius 1 is 1.29 bits per heavy atom. The smallest absolute Gasteiger partial charge is 0.309 e. The van der Waals surface area contributed by atoms with E-state index in [-0.39, 0.29) is 17.9 Å². The van der Waals surface area contributed by atoms with Gasteiger partial charge in [-0.15, -0.1) is 5.10 Å². The molecule has 8 nitrogen and oxygen atoms in total. The van der Waals surface area contributed by atoms with Crippen molar-refractivity contribution in [2.75, 3.05) is 5.32 Å². The van der Waals surface area contributed by atoms with E-state index in [0.29, 0.717) is 28.2 Å². The summed E-state index contributed by atoms with van der Waals surface area (Å²) in [4.78, 5) is 23.9. The van der Waals surface area contributed by atoms with E-state index in [1.807, 2.05) is 18.2 Å². The zero-order valence-corrected chi connectivity index (χ0v) is 16.4. The number of aromatic amines is 1. The molecule has 3 aliphatic carbocycles. The number of anilines is 1. The van der Waals surface area contributed by atoms with E-state index in [1.54, 1.807) is 16.9 Å². The number of carbonyl (C=O) groups is 1. The number of fused-ring (bicyclic) bond motifs is 4. The van der Waals surface area contributed by atoms with Crippen LogP contribution in [0.3, 0.4) is 0 Å². The third-order valence-corrected chi connectivity index (χ3v) is 6.47. The van der Waals surface area contributed by atoms with Crippen LogP contribution in [0.4, 0.5) is 10.2 Å². The van der Waals surface area contributed by atoms with Crippen LogP contribution in [0.25, 0.3) is 27.9 Å². The van der Waals surface area contributed by atoms with Gasteiger partial charge >= 0.3 is 5.97 Å². The Morgan fingerprint density at radius 2 is 2.13 bits per heavy atom. The number of hydrogen-bond acceptors (Lipinski definition) is 5. The highest BCUT2D eigenvalue weighted by atomic mass is 19.1. The molecular weight excluding hydrogens is 399 g/mol. The molecule has 0 saturated heterocycles. The molecule has 7 rings (SSSR count). The molecule has 3 N–H and O–H groups in total. The van der Waals surface area contributed by atoms with Gasteiger partial charge in [0.05, 0.1) is 12.1 Å². The van der Waals surface area contributed by atoms with Gasteiger partial charge in [-0.1, -0.05) is 12.2 Å². The van der Waals surface area contributed by atoms with Crippen LogP contribution >= 0.6 is 0 Å². The number of halogens is 1. The van der Waals surface area contributed by atoms with E-state index in [4.69, 9.17) is 4.98 Å². The van der Waals surface area contributed by atoms with E-state index in [2.05, 4.69) is 26.5 Å². The minimum absolute atomic E-state index is 0.0202. The molecule has 3 aliphatic rings. The first-order valence-electron chi connectivity index (χ1n) is 10.2. The van der Waals surface area contributed by atoms with Gasteiger partial charge in [0.2, 0.25) is 0 Å². The summed E-state index contributed by atoms with van der Waals surface area (Å²) < 4.78 is 15.5. The summed E-state index contributed by atoms with van der Waals surface area (Å²) >= 11 is 0. The Kier molecular flexibility index (Phi) is 3.86. The van der Waals surface area contributed by atoms with E-state index in [0.717, 1.165) is 24.6 Å². The average molecular weight is 418 g/mol. The van der Waals surface area contributed by atoms with Crippen molar-refractivity contribution in [3.63, 3.8) is 0 Å². The lowest BCUT2D eigenvalue weighted by Gasteiger charge is -2.43. The average Bonchev–Trinajstić information content (AvgIpc) is 3.41. The molecule has 156 valence electrons. The van der Waals surface area contributed by atoms with Crippen molar-refractivity contribution in [2.24, 2.45) is 17.8 Å². The summed E-state index contributed by atoms with van der Waals surface area (Å²) in [6.45, 7) is 0. The first-order valence-corrected chi connectivity index (χ1v) is 10.2. The van der Waals surface area contributed by atoms with Gasteiger partial charge in [-0.3, -0.25) is 4.79 Å². The molecule has 1 saturated carbocycles. The van der Waals surface area contributed by atoms with E-state index in [1.165, 1.54) is 6.07 Å². The molecule has 9 heteroatoms. The van der Waals surface area contributed by atoms with Gasteiger partial charge in [-0.05, 0) is 42.9 Å². The summed E-state index contributed by atoms with van der Waals surface area (Å²) in [5.41, 5.74) is 1.92. The Labute approximate surface area is 175 Å². The number of aromatic nitrogens is 5. The van der Waals surface area contributed by atoms with Crippen molar-refractivity contribution in [1.29, 1.82) is 0 Å². The van der Waals surface area contributed by atoms with Gasteiger partial charge in [0.25, 0.3) is 0 Å². The van der Waals surface area contributed by atoms with Crippen LogP contribution in [-0.4, -0.2) is 41.7 Å². The van der Waals surface area contributed by atoms with Crippen molar-refractivity contribution in [3.05, 3.63) is 54.8 Å². The summed E-state index contributed by atoms with van der Waals surface area (Å²) in [6, 6.07) is 4.88. The fourth-order valence-corrected chi connectivity index (χ4v) is 5.00. The molecule has 31 heavy (non-hydrogen) atoms. The van der Waals surface area contributed by atoms with Crippen LogP contribution in [0.15, 0.2) is 48.9 Å². The first-order chi connectivity index (χ1) is 15.1. The largest absolute Gasteiger partial charge is 0.481 e. The van der Waals surface area contributed by atoms with Crippen LogP contribution in [0.2, 0.25) is 0 Å². The van der Waals surface area contributed by atoms with E-state index >= 15 is 0 Å². The molecule has 4 aromatic rings. The quantitative estimate of drug-likeness (QED) is 0.438. The number of hydrogen-bond donors (Lipinski definition) is 3. The zero-order valence-electron chi connectivity index (χ0n) is 16.4. The maximum absolute atomic E-state index is 13.8. The lowest BCUT2D eigenvalue weighted by molar-refractivity contribution is -0.145. The summed E-state index contributed by atoms with van der Waals surface area (Å²) in [5.74, 6) is -0.640. The fraction of sp³-hybridized carbons (Fsp3) is 0.273. The lowest BCUT2D eigenvalue weighted by Crippen LogP contribution is -2.49. The number of rotatable bonds is 4. The van der Waals surface area contributed by atoms with Crippen molar-refractivity contribution in [1.82, 2.24) is 24.6 Å². The number of carboxylic acid groups (broad SMARTS) is 1. The molecule has 4 atom stereocenters. The molecule has 0 radical (unpaired) electrons. The molecule has 2 bridgehead atoms. The van der Waals surface area contributed by atoms with Gasteiger partial charge in [0.1, 0.15) is 17.0 Å². The van der Waals surface area contributed by atoms with Crippen molar-refractivity contribution in [2.45, 2.75) is 18.9 Å². The topological polar surface area (TPSA) is 108 Å². The van der Waals surface area contributed by atoms with Gasteiger partial charge in [0, 0.05) is 29.4 Å². The second kappa shape index (κ2) is 6.63. The van der Waals surface area contributed by atoms with Crippen molar-refractivity contribution >= 4 is 28.3 Å². The van der Waals surface area contributed by atoms with Crippen LogP contribution < -0.4 is 5.32 Å². The molecule has 0 aromatic carbocycles. The Morgan fingerprint density at radius 3 is 2.94 bits per heavy atom. The highest BCUT2D eigenvalue weighted by molar-refractivity contribution is 5.92. The van der Waals surface area contributed by atoms with Crippen LogP contribution in [0.1, 0.15) is 12.8 Å². The number of pyridine rings is 1. The predicted octanol–water partition coefficient (Wildman–Crippen LogP) is 3.49. The summed E-state index contributed by atoms with van der Waals surface area (Å²) in [6.07, 6.45) is 10.7. The van der Waals surface area contributed by atoms with Gasteiger partial charge < -0.3 is 15.4 Å². The van der Waals surface area contributed by atoms with Gasteiger partial charge in [-0.2, -0.15) is 0 Å². The molecule has 0 unspecified atom stereocenters. The van der Waals surface area contributed by atoms with Crippen molar-refractivity contribution < 1.29 is 14.3 Å². The zero-order chi connectivity index (χ0) is 21.1. The molecule has 0 amide bonds. The van der Waals surface area contributed by atoms with E-state index < -0.39 is 17.7 Å². The maximum atomic E-state index is 13.8. The highest BCUT2D eigenvalue weighted by Crippen LogP contribution is 2.42. The number of nitrogens with zero attached hydrogens (tertiary/aromatic N) is 4. The number of carboxylic acids is 1. The number of nitrogens with one attached hydrogen (secondary N) is 2. The van der Waals surface area contributed by atoms with Crippen LogP contribution in [-0.2, 0) is 4.79 Å². The standard InChI is InChI=1S/C22H19FN6O2/c23-13-8-14-15(10-25-19(14)24-9-13)20-27-21(16-2-1-7-29(16)28-20)26-18-12-5-3-11(4-6-12)17(18)22(30)31/h1-3,5,7-12,17-18H,4,6H2,(H,24,25)(H,30,31)(H,26,27,28)/t11-,12+,17+,18+/m1/s1. The van der Waals surface area contributed by atoms with Crippen LogP contribution in [0, 0.1) is 23.6 Å². The number of aliphatic carboxylic acids is 1. The monoisotopic (exact) mass is 418 g/mol. The molecule has 0 aliphatic heterocycles. The molecule has 4 heterocycles. The highest BCUT2D eigenvalue weighted by Gasteiger charge is 2.45. The second-order valence-electron chi connectivity index (χ2n) is 8.20. The molecule has 0 spiro atoms. The summed E-state index contributed by atoms with van der Waals surface area (Å²) in [7, 11) is 0. The number of H-pyrrole nitrogens is 1. The maximum Gasteiger partial charge on any atom is 0.309 e. The third kappa shape index (κ3) is 2.80. The number of allylic oxidation sites excluding steroid dienone is 1. The SMILES string of the molecule is O=C(O)[C@@H]1[C@@H](Nc2nc(-c3c[nH]c4ncc(F)cc34)nn3cccc23)[C@H]2C=C[C@@H]1CC2. The lowest BCUT2D eigenvalue weighted by atomic mass is 9.66. The van der Waals surface area contributed by atoms with Crippen molar-refractivity contribution in [3.8, 4) is 11.4 Å². The van der Waals surface area contributed by atoms with Crippen LogP contribution in [0.5, 0.6) is 0 Å².